The molecule has 0 saturated carbocycles. The maximum Gasteiger partial charge on any atom is 0.265 e. The SMILES string of the molecule is CC(C)(C)c1ncsc1C(=O)N1CCCC(C(=O)NCCN)C1. The van der Waals surface area contributed by atoms with Crippen LogP contribution in [0.2, 0.25) is 0 Å². The van der Waals surface area contributed by atoms with E-state index in [-0.39, 0.29) is 23.1 Å². The number of nitrogens with one attached hydrogen (secondary N) is 1. The van der Waals surface area contributed by atoms with E-state index in [4.69, 9.17) is 5.73 Å². The van der Waals surface area contributed by atoms with Crippen molar-refractivity contribution < 1.29 is 9.59 Å². The van der Waals surface area contributed by atoms with E-state index in [2.05, 4.69) is 31.1 Å². The van der Waals surface area contributed by atoms with Crippen LogP contribution in [0.4, 0.5) is 0 Å². The Morgan fingerprint density at radius 3 is 2.87 bits per heavy atom. The van der Waals surface area contributed by atoms with Crippen LogP contribution in [0, 0.1) is 5.92 Å². The molecule has 1 saturated heterocycles. The van der Waals surface area contributed by atoms with Gasteiger partial charge in [-0.25, -0.2) is 4.98 Å². The van der Waals surface area contributed by atoms with Gasteiger partial charge in [-0.05, 0) is 12.8 Å². The van der Waals surface area contributed by atoms with Gasteiger partial charge in [-0.15, -0.1) is 11.3 Å². The van der Waals surface area contributed by atoms with Gasteiger partial charge < -0.3 is 16.0 Å². The van der Waals surface area contributed by atoms with E-state index in [1.165, 1.54) is 11.3 Å². The van der Waals surface area contributed by atoms with Crippen molar-refractivity contribution in [1.29, 1.82) is 0 Å². The number of amides is 2. The van der Waals surface area contributed by atoms with Crippen molar-refractivity contribution >= 4 is 23.2 Å². The van der Waals surface area contributed by atoms with Gasteiger partial charge in [0, 0.05) is 31.6 Å². The fourth-order valence-electron chi connectivity index (χ4n) is 2.79. The quantitative estimate of drug-likeness (QED) is 0.868. The topological polar surface area (TPSA) is 88.3 Å². The standard InChI is InChI=1S/C16H26N4O2S/c1-16(2,3)13-12(23-10-19-13)15(22)20-8-4-5-11(9-20)14(21)18-7-6-17/h10-11H,4-9,17H2,1-3H3,(H,18,21). The summed E-state index contributed by atoms with van der Waals surface area (Å²) in [6.07, 6.45) is 1.66. The number of piperidine rings is 1. The zero-order valence-corrected chi connectivity index (χ0v) is 14.9. The third kappa shape index (κ3) is 4.29. The summed E-state index contributed by atoms with van der Waals surface area (Å²) < 4.78 is 0. The number of nitrogens with zero attached hydrogens (tertiary/aromatic N) is 2. The molecule has 0 bridgehead atoms. The van der Waals surface area contributed by atoms with E-state index in [1.54, 1.807) is 10.4 Å². The first-order chi connectivity index (χ1) is 10.8. The highest BCUT2D eigenvalue weighted by Gasteiger charge is 2.32. The fraction of sp³-hybridized carbons (Fsp3) is 0.688. The van der Waals surface area contributed by atoms with Gasteiger partial charge in [0.05, 0.1) is 17.1 Å². The number of likely N-dealkylation sites (tertiary alicyclic amines) is 1. The molecular formula is C16H26N4O2S. The summed E-state index contributed by atoms with van der Waals surface area (Å²) in [5.74, 6) is -0.160. The normalized spacial score (nSPS) is 18.8. The molecule has 1 aliphatic rings. The number of thiazole rings is 1. The first kappa shape index (κ1) is 17.9. The minimum atomic E-state index is -0.168. The zero-order valence-electron chi connectivity index (χ0n) is 14.1. The van der Waals surface area contributed by atoms with Crippen molar-refractivity contribution in [2.45, 2.75) is 39.0 Å². The van der Waals surface area contributed by atoms with Crippen LogP contribution in [0.3, 0.4) is 0 Å². The van der Waals surface area contributed by atoms with Crippen molar-refractivity contribution in [3.05, 3.63) is 16.1 Å². The van der Waals surface area contributed by atoms with E-state index >= 15 is 0 Å². The third-order valence-corrected chi connectivity index (χ3v) is 4.81. The first-order valence-electron chi connectivity index (χ1n) is 8.05. The van der Waals surface area contributed by atoms with Gasteiger partial charge in [-0.2, -0.15) is 0 Å². The zero-order chi connectivity index (χ0) is 17.0. The summed E-state index contributed by atoms with van der Waals surface area (Å²) in [6.45, 7) is 8.23. The Kier molecular flexibility index (Phi) is 5.75. The molecule has 0 spiro atoms. The van der Waals surface area contributed by atoms with Crippen molar-refractivity contribution in [2.24, 2.45) is 11.7 Å². The fourth-order valence-corrected chi connectivity index (χ4v) is 3.76. The molecule has 7 heteroatoms. The summed E-state index contributed by atoms with van der Waals surface area (Å²) in [6, 6.07) is 0. The second-order valence-electron chi connectivity index (χ2n) is 6.95. The van der Waals surface area contributed by atoms with Crippen molar-refractivity contribution in [1.82, 2.24) is 15.2 Å². The molecule has 1 aliphatic heterocycles. The molecule has 1 unspecified atom stereocenters. The molecule has 1 aromatic heterocycles. The largest absolute Gasteiger partial charge is 0.355 e. The van der Waals surface area contributed by atoms with Gasteiger partial charge in [-0.1, -0.05) is 20.8 Å². The van der Waals surface area contributed by atoms with Gasteiger partial charge >= 0.3 is 0 Å². The predicted molar refractivity (Wildman–Crippen MR) is 91.5 cm³/mol. The number of hydrogen-bond donors (Lipinski definition) is 2. The van der Waals surface area contributed by atoms with Crippen LogP contribution < -0.4 is 11.1 Å². The monoisotopic (exact) mass is 338 g/mol. The Bertz CT molecular complexity index is 565. The molecule has 6 nitrogen and oxygen atoms in total. The second kappa shape index (κ2) is 7.40. The summed E-state index contributed by atoms with van der Waals surface area (Å²) in [7, 11) is 0. The number of hydrogen-bond acceptors (Lipinski definition) is 5. The van der Waals surface area contributed by atoms with Crippen LogP contribution in [0.25, 0.3) is 0 Å². The predicted octanol–water partition coefficient (Wildman–Crippen LogP) is 1.37. The molecule has 0 aliphatic carbocycles. The van der Waals surface area contributed by atoms with Crippen molar-refractivity contribution in [3.63, 3.8) is 0 Å². The number of aromatic nitrogens is 1. The Morgan fingerprint density at radius 2 is 2.22 bits per heavy atom. The Morgan fingerprint density at radius 1 is 1.48 bits per heavy atom. The Hall–Kier alpha value is -1.47. The average Bonchev–Trinajstić information content (AvgIpc) is 3.01. The first-order valence-corrected chi connectivity index (χ1v) is 8.93. The molecule has 2 heterocycles. The average molecular weight is 338 g/mol. The molecule has 0 radical (unpaired) electrons. The summed E-state index contributed by atoms with van der Waals surface area (Å²) in [4.78, 5) is 31.8. The van der Waals surface area contributed by atoms with Crippen LogP contribution >= 0.6 is 11.3 Å². The van der Waals surface area contributed by atoms with E-state index in [0.29, 0.717) is 31.1 Å². The molecule has 2 rings (SSSR count). The molecule has 23 heavy (non-hydrogen) atoms. The summed E-state index contributed by atoms with van der Waals surface area (Å²) >= 11 is 1.38. The van der Waals surface area contributed by atoms with E-state index < -0.39 is 0 Å². The summed E-state index contributed by atoms with van der Waals surface area (Å²) in [5.41, 5.74) is 7.81. The Labute approximate surface area is 141 Å². The third-order valence-electron chi connectivity index (χ3n) is 4.00. The molecule has 1 aromatic rings. The number of carbonyl (C=O) groups excluding carboxylic acids is 2. The van der Waals surface area contributed by atoms with Crippen molar-refractivity contribution in [2.75, 3.05) is 26.2 Å². The van der Waals surface area contributed by atoms with E-state index in [9.17, 15) is 9.59 Å². The van der Waals surface area contributed by atoms with E-state index in [0.717, 1.165) is 18.5 Å². The molecule has 2 amide bonds. The highest BCUT2D eigenvalue weighted by molar-refractivity contribution is 7.11. The number of carbonyl (C=O) groups is 2. The van der Waals surface area contributed by atoms with Crippen LogP contribution in [-0.2, 0) is 10.2 Å². The lowest BCUT2D eigenvalue weighted by Crippen LogP contribution is -2.46. The van der Waals surface area contributed by atoms with Crippen LogP contribution in [0.5, 0.6) is 0 Å². The lowest BCUT2D eigenvalue weighted by Gasteiger charge is -2.32. The molecule has 3 N–H and O–H groups in total. The number of nitrogens with two attached hydrogens (primary N) is 1. The van der Waals surface area contributed by atoms with Crippen LogP contribution in [-0.4, -0.2) is 47.9 Å². The van der Waals surface area contributed by atoms with Gasteiger partial charge in [0.15, 0.2) is 0 Å². The van der Waals surface area contributed by atoms with Gasteiger partial charge in [0.1, 0.15) is 4.88 Å². The molecular weight excluding hydrogens is 312 g/mol. The highest BCUT2D eigenvalue weighted by Crippen LogP contribution is 2.29. The lowest BCUT2D eigenvalue weighted by molar-refractivity contribution is -0.126. The minimum absolute atomic E-state index is 0.00579. The lowest BCUT2D eigenvalue weighted by atomic mass is 9.90. The van der Waals surface area contributed by atoms with Gasteiger partial charge in [-0.3, -0.25) is 9.59 Å². The molecule has 0 aromatic carbocycles. The van der Waals surface area contributed by atoms with Gasteiger partial charge in [0.25, 0.3) is 5.91 Å². The smallest absolute Gasteiger partial charge is 0.265 e. The number of rotatable bonds is 4. The highest BCUT2D eigenvalue weighted by atomic mass is 32.1. The Balaban J connectivity index is 2.08. The van der Waals surface area contributed by atoms with Crippen molar-refractivity contribution in [3.8, 4) is 0 Å². The molecule has 128 valence electrons. The van der Waals surface area contributed by atoms with Crippen LogP contribution in [0.15, 0.2) is 5.51 Å². The van der Waals surface area contributed by atoms with Crippen LogP contribution in [0.1, 0.15) is 49.0 Å². The maximum atomic E-state index is 12.9. The molecule has 1 fully saturated rings. The minimum Gasteiger partial charge on any atom is -0.355 e. The van der Waals surface area contributed by atoms with E-state index in [1.807, 2.05) is 0 Å². The molecule has 1 atom stereocenters. The van der Waals surface area contributed by atoms with Gasteiger partial charge in [0.2, 0.25) is 5.91 Å². The summed E-state index contributed by atoms with van der Waals surface area (Å²) in [5, 5.41) is 2.82. The second-order valence-corrected chi connectivity index (χ2v) is 7.80. The maximum absolute atomic E-state index is 12.9.